The number of rotatable bonds is 3. The van der Waals surface area contributed by atoms with Crippen LogP contribution in [0, 0.1) is 11.3 Å². The van der Waals surface area contributed by atoms with Crippen LogP contribution in [0.1, 0.15) is 24.2 Å². The van der Waals surface area contributed by atoms with E-state index in [-0.39, 0.29) is 6.10 Å². The topological polar surface area (TPSA) is 9.23 Å². The largest absolute Gasteiger partial charge is 0.486 e. The molecule has 0 spiro atoms. The van der Waals surface area contributed by atoms with Crippen molar-refractivity contribution in [1.29, 1.82) is 0 Å². The summed E-state index contributed by atoms with van der Waals surface area (Å²) in [6, 6.07) is 17.7. The van der Waals surface area contributed by atoms with Crippen LogP contribution in [0.2, 0.25) is 0 Å². The second-order valence-corrected chi connectivity index (χ2v) is 4.10. The summed E-state index contributed by atoms with van der Waals surface area (Å²) in [6.45, 7) is 2.03. The maximum atomic E-state index is 5.85. The molecule has 0 heterocycles. The quantitative estimate of drug-likeness (QED) is 0.741. The van der Waals surface area contributed by atoms with Crippen LogP contribution in [0.5, 0.6) is 5.75 Å². The third kappa shape index (κ3) is 3.29. The molecule has 18 heavy (non-hydrogen) atoms. The summed E-state index contributed by atoms with van der Waals surface area (Å²) in [5.74, 6) is 3.61. The van der Waals surface area contributed by atoms with Crippen molar-refractivity contribution in [3.63, 3.8) is 0 Å². The molecule has 0 radical (unpaired) electrons. The summed E-state index contributed by atoms with van der Waals surface area (Å²) in [5, 5.41) is 2.35. The molecule has 0 aromatic heterocycles. The Morgan fingerprint density at radius 1 is 1.00 bits per heavy atom. The molecule has 2 aromatic carbocycles. The fourth-order valence-corrected chi connectivity index (χ4v) is 1.78. The van der Waals surface area contributed by atoms with Gasteiger partial charge in [-0.2, -0.15) is 0 Å². The molecule has 0 unspecified atom stereocenters. The first-order valence-electron chi connectivity index (χ1n) is 5.73. The Balaban J connectivity index is 2.07. The van der Waals surface area contributed by atoms with Crippen LogP contribution in [-0.2, 0) is 0 Å². The zero-order chi connectivity index (χ0) is 12.8. The molecule has 0 bridgehead atoms. The molecule has 0 aliphatic rings. The Morgan fingerprint density at radius 2 is 1.67 bits per heavy atom. The molecule has 0 saturated heterocycles. The first kappa shape index (κ1) is 12.5. The van der Waals surface area contributed by atoms with Gasteiger partial charge in [-0.25, -0.2) is 0 Å². The summed E-state index contributed by atoms with van der Waals surface area (Å²) in [6.07, 6.45) is 0.0242. The monoisotopic (exact) mass is 256 g/mol. The van der Waals surface area contributed by atoms with Gasteiger partial charge in [0.1, 0.15) is 11.9 Å². The number of hydrogen-bond donors (Lipinski definition) is 0. The SMILES string of the molecule is C[C@H](Oc1ccc(C#CCl)cc1)c1ccccc1. The van der Waals surface area contributed by atoms with E-state index in [4.69, 9.17) is 16.3 Å². The average molecular weight is 257 g/mol. The fraction of sp³-hybridized carbons (Fsp3) is 0.125. The van der Waals surface area contributed by atoms with Crippen LogP contribution in [0.15, 0.2) is 54.6 Å². The molecule has 0 saturated carbocycles. The molecule has 2 rings (SSSR count). The number of ether oxygens (including phenoxy) is 1. The Morgan fingerprint density at radius 3 is 2.28 bits per heavy atom. The van der Waals surface area contributed by atoms with E-state index in [0.29, 0.717) is 0 Å². The molecule has 1 atom stereocenters. The molecule has 90 valence electrons. The van der Waals surface area contributed by atoms with Crippen molar-refractivity contribution in [3.05, 3.63) is 65.7 Å². The lowest BCUT2D eigenvalue weighted by Crippen LogP contribution is -2.02. The zero-order valence-electron chi connectivity index (χ0n) is 10.1. The van der Waals surface area contributed by atoms with Crippen LogP contribution in [-0.4, -0.2) is 0 Å². The van der Waals surface area contributed by atoms with Gasteiger partial charge in [-0.3, -0.25) is 0 Å². The van der Waals surface area contributed by atoms with Crippen LogP contribution in [0.25, 0.3) is 0 Å². The highest BCUT2D eigenvalue weighted by Gasteiger charge is 2.05. The Kier molecular flexibility index (Phi) is 4.28. The number of halogens is 1. The van der Waals surface area contributed by atoms with E-state index in [1.54, 1.807) is 0 Å². The van der Waals surface area contributed by atoms with E-state index in [0.717, 1.165) is 16.9 Å². The Bertz CT molecular complexity index is 549. The van der Waals surface area contributed by atoms with Gasteiger partial charge in [-0.05, 0) is 54.3 Å². The van der Waals surface area contributed by atoms with Crippen molar-refractivity contribution >= 4 is 11.6 Å². The molecule has 0 N–H and O–H groups in total. The van der Waals surface area contributed by atoms with Crippen LogP contribution >= 0.6 is 11.6 Å². The van der Waals surface area contributed by atoms with Crippen molar-refractivity contribution in [2.75, 3.05) is 0 Å². The third-order valence-corrected chi connectivity index (χ3v) is 2.72. The smallest absolute Gasteiger partial charge is 0.121 e. The van der Waals surface area contributed by atoms with E-state index in [9.17, 15) is 0 Å². The average Bonchev–Trinajstić information content (AvgIpc) is 2.42. The maximum Gasteiger partial charge on any atom is 0.121 e. The van der Waals surface area contributed by atoms with E-state index in [2.05, 4.69) is 23.4 Å². The minimum Gasteiger partial charge on any atom is -0.486 e. The summed E-state index contributed by atoms with van der Waals surface area (Å²) < 4.78 is 5.85. The van der Waals surface area contributed by atoms with Gasteiger partial charge in [0.05, 0.1) is 0 Å². The Labute approximate surface area is 112 Å². The normalized spacial score (nSPS) is 11.2. The highest BCUT2D eigenvalue weighted by molar-refractivity contribution is 6.30. The fourth-order valence-electron chi connectivity index (χ4n) is 1.67. The summed E-state index contributed by atoms with van der Waals surface area (Å²) in [5.41, 5.74) is 2.03. The van der Waals surface area contributed by atoms with Gasteiger partial charge in [-0.15, -0.1) is 0 Å². The second kappa shape index (κ2) is 6.14. The number of benzene rings is 2. The lowest BCUT2D eigenvalue weighted by Gasteiger charge is -2.14. The second-order valence-electron chi connectivity index (χ2n) is 3.91. The van der Waals surface area contributed by atoms with Crippen LogP contribution in [0.3, 0.4) is 0 Å². The predicted octanol–water partition coefficient (Wildman–Crippen LogP) is 4.37. The van der Waals surface area contributed by atoms with Crippen molar-refractivity contribution in [2.24, 2.45) is 0 Å². The summed E-state index contributed by atoms with van der Waals surface area (Å²) in [7, 11) is 0. The molecule has 0 aliphatic heterocycles. The van der Waals surface area contributed by atoms with Crippen molar-refractivity contribution in [2.45, 2.75) is 13.0 Å². The highest BCUT2D eigenvalue weighted by atomic mass is 35.5. The van der Waals surface area contributed by atoms with Crippen molar-refractivity contribution in [1.82, 2.24) is 0 Å². The zero-order valence-corrected chi connectivity index (χ0v) is 10.8. The van der Waals surface area contributed by atoms with Crippen LogP contribution < -0.4 is 4.74 Å². The molecule has 1 nitrogen and oxygen atoms in total. The minimum absolute atomic E-state index is 0.0242. The lowest BCUT2D eigenvalue weighted by atomic mass is 10.1. The standard InChI is InChI=1S/C16H13ClO/c1-13(15-5-3-2-4-6-15)18-16-9-7-14(8-10-16)11-12-17/h2-10,13H,1H3/t13-/m0/s1. The van der Waals surface area contributed by atoms with E-state index >= 15 is 0 Å². The van der Waals surface area contributed by atoms with Gasteiger partial charge in [0.25, 0.3) is 0 Å². The summed E-state index contributed by atoms with van der Waals surface area (Å²) >= 11 is 5.35. The molecule has 2 heteroatoms. The van der Waals surface area contributed by atoms with Gasteiger partial charge >= 0.3 is 0 Å². The summed E-state index contributed by atoms with van der Waals surface area (Å²) in [4.78, 5) is 0. The lowest BCUT2D eigenvalue weighted by molar-refractivity contribution is 0.227. The third-order valence-electron chi connectivity index (χ3n) is 2.63. The molecular weight excluding hydrogens is 244 g/mol. The highest BCUT2D eigenvalue weighted by Crippen LogP contribution is 2.21. The van der Waals surface area contributed by atoms with Gasteiger partial charge in [0, 0.05) is 10.9 Å². The Hall–Kier alpha value is -1.91. The maximum absolute atomic E-state index is 5.85. The number of hydrogen-bond acceptors (Lipinski definition) is 1. The van der Waals surface area contributed by atoms with Gasteiger partial charge in [0.15, 0.2) is 0 Å². The molecular formula is C16H13ClO. The van der Waals surface area contributed by atoms with Crippen molar-refractivity contribution < 1.29 is 4.74 Å². The van der Waals surface area contributed by atoms with Gasteiger partial charge in [0.2, 0.25) is 0 Å². The van der Waals surface area contributed by atoms with E-state index in [1.807, 2.05) is 49.4 Å². The minimum atomic E-state index is 0.0242. The van der Waals surface area contributed by atoms with E-state index < -0.39 is 0 Å². The van der Waals surface area contributed by atoms with Gasteiger partial charge in [-0.1, -0.05) is 30.3 Å². The molecule has 0 fully saturated rings. The molecule has 0 aliphatic carbocycles. The van der Waals surface area contributed by atoms with E-state index in [1.165, 1.54) is 0 Å². The van der Waals surface area contributed by atoms with Crippen LogP contribution in [0.4, 0.5) is 0 Å². The molecule has 0 amide bonds. The van der Waals surface area contributed by atoms with Crippen molar-refractivity contribution in [3.8, 4) is 17.0 Å². The predicted molar refractivity (Wildman–Crippen MR) is 74.7 cm³/mol. The first-order valence-corrected chi connectivity index (χ1v) is 6.10. The molecule has 2 aromatic rings. The van der Waals surface area contributed by atoms with Gasteiger partial charge < -0.3 is 4.74 Å². The first-order chi connectivity index (χ1) is 8.79.